The summed E-state index contributed by atoms with van der Waals surface area (Å²) in [5.41, 5.74) is 5.41. The molecule has 0 aliphatic carbocycles. The Balaban J connectivity index is 2.84. The molecule has 0 heterocycles. The van der Waals surface area contributed by atoms with Gasteiger partial charge in [0, 0.05) is 32.0 Å². The molecule has 20 heavy (non-hydrogen) atoms. The lowest BCUT2D eigenvalue weighted by Gasteiger charge is -2.25. The summed E-state index contributed by atoms with van der Waals surface area (Å²) >= 11 is 0. The van der Waals surface area contributed by atoms with Gasteiger partial charge in [0.25, 0.3) is 0 Å². The van der Waals surface area contributed by atoms with Crippen LogP contribution in [0.3, 0.4) is 0 Å². The number of ether oxygens (including phenoxy) is 2. The molecule has 0 aliphatic rings. The summed E-state index contributed by atoms with van der Waals surface area (Å²) in [5.74, 6) is -1.34. The minimum Gasteiger partial charge on any atom is -0.399 e. The predicted octanol–water partition coefficient (Wildman–Crippen LogP) is 2.43. The van der Waals surface area contributed by atoms with Gasteiger partial charge in [0.1, 0.15) is 5.69 Å². The highest BCUT2D eigenvalue weighted by molar-refractivity contribution is 5.55. The third-order valence-electron chi connectivity index (χ3n) is 2.77. The summed E-state index contributed by atoms with van der Waals surface area (Å²) in [6.45, 7) is 6.43. The summed E-state index contributed by atoms with van der Waals surface area (Å²) in [7, 11) is 0. The monoisotopic (exact) mass is 288 g/mol. The van der Waals surface area contributed by atoms with E-state index in [1.165, 1.54) is 0 Å². The van der Waals surface area contributed by atoms with E-state index in [0.717, 1.165) is 12.1 Å². The van der Waals surface area contributed by atoms with Gasteiger partial charge in [-0.15, -0.1) is 0 Å². The fourth-order valence-corrected chi connectivity index (χ4v) is 1.86. The highest BCUT2D eigenvalue weighted by Crippen LogP contribution is 2.25. The first kappa shape index (κ1) is 16.7. The zero-order chi connectivity index (χ0) is 15.0. The Morgan fingerprint density at radius 3 is 1.85 bits per heavy atom. The van der Waals surface area contributed by atoms with Gasteiger partial charge in [-0.1, -0.05) is 0 Å². The zero-order valence-electron chi connectivity index (χ0n) is 12.0. The smallest absolute Gasteiger partial charge is 0.151 e. The molecule has 0 atom stereocenters. The molecule has 1 rings (SSSR count). The van der Waals surface area contributed by atoms with E-state index in [2.05, 4.69) is 0 Å². The van der Waals surface area contributed by atoms with Crippen LogP contribution in [0.25, 0.3) is 0 Å². The Morgan fingerprint density at radius 2 is 1.45 bits per heavy atom. The van der Waals surface area contributed by atoms with Crippen molar-refractivity contribution in [3.05, 3.63) is 23.8 Å². The van der Waals surface area contributed by atoms with Crippen molar-refractivity contribution >= 4 is 11.4 Å². The fourth-order valence-electron chi connectivity index (χ4n) is 1.86. The molecule has 0 amide bonds. The number of hydrogen-bond acceptors (Lipinski definition) is 4. The number of rotatable bonds is 9. The van der Waals surface area contributed by atoms with Crippen LogP contribution in [-0.4, -0.2) is 39.5 Å². The van der Waals surface area contributed by atoms with Crippen LogP contribution in [0.1, 0.15) is 13.8 Å². The van der Waals surface area contributed by atoms with Gasteiger partial charge >= 0.3 is 0 Å². The Labute approximate surface area is 118 Å². The molecule has 0 radical (unpaired) electrons. The predicted molar refractivity (Wildman–Crippen MR) is 76.0 cm³/mol. The van der Waals surface area contributed by atoms with E-state index in [-0.39, 0.29) is 11.4 Å². The van der Waals surface area contributed by atoms with E-state index >= 15 is 0 Å². The van der Waals surface area contributed by atoms with Crippen molar-refractivity contribution < 1.29 is 18.3 Å². The van der Waals surface area contributed by atoms with E-state index in [0.29, 0.717) is 39.5 Å². The summed E-state index contributed by atoms with van der Waals surface area (Å²) in [5, 5.41) is 0. The first-order chi connectivity index (χ1) is 9.60. The minimum atomic E-state index is -0.671. The Hall–Kier alpha value is -1.40. The highest BCUT2D eigenvalue weighted by atomic mass is 19.1. The SMILES string of the molecule is CCOCCN(CCOCC)c1c(F)cc(N)cc1F. The highest BCUT2D eigenvalue weighted by Gasteiger charge is 2.17. The summed E-state index contributed by atoms with van der Waals surface area (Å²) < 4.78 is 38.4. The van der Waals surface area contributed by atoms with Crippen molar-refractivity contribution in [2.24, 2.45) is 0 Å². The molecule has 0 unspecified atom stereocenters. The van der Waals surface area contributed by atoms with Crippen molar-refractivity contribution in [3.8, 4) is 0 Å². The minimum absolute atomic E-state index is 0.0679. The quantitative estimate of drug-likeness (QED) is 0.560. The maximum Gasteiger partial charge on any atom is 0.151 e. The number of nitrogen functional groups attached to an aromatic ring is 1. The van der Waals surface area contributed by atoms with Crippen LogP contribution < -0.4 is 10.6 Å². The molecule has 0 spiro atoms. The summed E-state index contributed by atoms with van der Waals surface area (Å²) in [6, 6.07) is 2.24. The molecule has 6 heteroatoms. The number of halogens is 2. The van der Waals surface area contributed by atoms with E-state index in [1.807, 2.05) is 13.8 Å². The molecule has 0 aromatic heterocycles. The molecule has 0 saturated heterocycles. The van der Waals surface area contributed by atoms with Crippen LogP contribution in [0.15, 0.2) is 12.1 Å². The van der Waals surface area contributed by atoms with Gasteiger partial charge in [-0.25, -0.2) is 8.78 Å². The van der Waals surface area contributed by atoms with Crippen LogP contribution in [0.2, 0.25) is 0 Å². The van der Waals surface area contributed by atoms with Gasteiger partial charge < -0.3 is 20.1 Å². The largest absolute Gasteiger partial charge is 0.399 e. The maximum absolute atomic E-state index is 13.9. The molecule has 114 valence electrons. The van der Waals surface area contributed by atoms with Crippen molar-refractivity contribution in [1.29, 1.82) is 0 Å². The fraction of sp³-hybridized carbons (Fsp3) is 0.571. The normalized spacial score (nSPS) is 10.8. The molecule has 1 aromatic rings. The summed E-state index contributed by atoms with van der Waals surface area (Å²) in [4.78, 5) is 1.58. The number of benzene rings is 1. The molecule has 4 nitrogen and oxygen atoms in total. The van der Waals surface area contributed by atoms with Gasteiger partial charge in [-0.2, -0.15) is 0 Å². The first-order valence-electron chi connectivity index (χ1n) is 6.75. The molecule has 0 bridgehead atoms. The van der Waals surface area contributed by atoms with E-state index in [1.54, 1.807) is 4.90 Å². The Bertz CT molecular complexity index is 383. The molecule has 0 aliphatic heterocycles. The lowest BCUT2D eigenvalue weighted by atomic mass is 10.2. The van der Waals surface area contributed by atoms with Gasteiger partial charge in [-0.05, 0) is 26.0 Å². The van der Waals surface area contributed by atoms with Crippen molar-refractivity contribution in [3.63, 3.8) is 0 Å². The number of nitrogens with zero attached hydrogens (tertiary/aromatic N) is 1. The number of anilines is 2. The van der Waals surface area contributed by atoms with E-state index < -0.39 is 11.6 Å². The zero-order valence-corrected chi connectivity index (χ0v) is 12.0. The van der Waals surface area contributed by atoms with Crippen molar-refractivity contribution in [1.82, 2.24) is 0 Å². The second kappa shape index (κ2) is 8.71. The number of nitrogens with two attached hydrogens (primary N) is 1. The van der Waals surface area contributed by atoms with Gasteiger partial charge in [0.2, 0.25) is 0 Å². The topological polar surface area (TPSA) is 47.7 Å². The van der Waals surface area contributed by atoms with Gasteiger partial charge in [-0.3, -0.25) is 0 Å². The second-order valence-corrected chi connectivity index (χ2v) is 4.21. The van der Waals surface area contributed by atoms with E-state index in [4.69, 9.17) is 15.2 Å². The summed E-state index contributed by atoms with van der Waals surface area (Å²) in [6.07, 6.45) is 0. The molecular formula is C14H22F2N2O2. The Morgan fingerprint density at radius 1 is 1.00 bits per heavy atom. The molecular weight excluding hydrogens is 266 g/mol. The third kappa shape index (κ3) is 4.94. The second-order valence-electron chi connectivity index (χ2n) is 4.21. The van der Waals surface area contributed by atoms with Crippen molar-refractivity contribution in [2.45, 2.75) is 13.8 Å². The van der Waals surface area contributed by atoms with Crippen LogP contribution in [0.5, 0.6) is 0 Å². The third-order valence-corrected chi connectivity index (χ3v) is 2.77. The molecule has 0 fully saturated rings. The van der Waals surface area contributed by atoms with Gasteiger partial charge in [0.15, 0.2) is 11.6 Å². The molecule has 1 aromatic carbocycles. The van der Waals surface area contributed by atoms with Crippen molar-refractivity contribution in [2.75, 3.05) is 50.2 Å². The molecule has 2 N–H and O–H groups in total. The van der Waals surface area contributed by atoms with Crippen LogP contribution in [0.4, 0.5) is 20.2 Å². The lowest BCUT2D eigenvalue weighted by Crippen LogP contribution is -2.32. The number of hydrogen-bond donors (Lipinski definition) is 1. The average Bonchev–Trinajstić information content (AvgIpc) is 2.37. The average molecular weight is 288 g/mol. The van der Waals surface area contributed by atoms with Crippen LogP contribution in [-0.2, 0) is 9.47 Å². The maximum atomic E-state index is 13.9. The molecule has 0 saturated carbocycles. The van der Waals surface area contributed by atoms with Gasteiger partial charge in [0.05, 0.1) is 13.2 Å². The lowest BCUT2D eigenvalue weighted by molar-refractivity contribution is 0.141. The first-order valence-corrected chi connectivity index (χ1v) is 6.75. The van der Waals surface area contributed by atoms with E-state index in [9.17, 15) is 8.78 Å². The standard InChI is InChI=1S/C14H22F2N2O2/c1-3-19-7-5-18(6-8-20-4-2)14-12(15)9-11(17)10-13(14)16/h9-10H,3-8,17H2,1-2H3. The Kier molecular flexibility index (Phi) is 7.25. The van der Waals surface area contributed by atoms with Crippen LogP contribution in [0, 0.1) is 11.6 Å². The van der Waals surface area contributed by atoms with Crippen LogP contribution >= 0.6 is 0 Å².